The van der Waals surface area contributed by atoms with Crippen LogP contribution in [0.5, 0.6) is 0 Å². The molecule has 1 saturated carbocycles. The van der Waals surface area contributed by atoms with Gasteiger partial charge in [-0.1, -0.05) is 0 Å². The Morgan fingerprint density at radius 3 is 2.80 bits per heavy atom. The fourth-order valence-corrected chi connectivity index (χ4v) is 1.29. The fraction of sp³-hybridized carbons (Fsp3) is 0.571. The molecule has 0 spiro atoms. The topological polar surface area (TPSA) is 38.0 Å². The van der Waals surface area contributed by atoms with Gasteiger partial charge in [0.25, 0.3) is 0 Å². The highest BCUT2D eigenvalue weighted by atomic mass is 16.3. The van der Waals surface area contributed by atoms with E-state index >= 15 is 0 Å². The van der Waals surface area contributed by atoms with Crippen molar-refractivity contribution in [2.75, 3.05) is 0 Å². The van der Waals surface area contributed by atoms with Gasteiger partial charge in [0.1, 0.15) is 0 Å². The first kappa shape index (κ1) is 5.92. The predicted octanol–water partition coefficient (Wildman–Crippen LogP) is 0.579. The van der Waals surface area contributed by atoms with Gasteiger partial charge in [-0.25, -0.2) is 4.98 Å². The lowest BCUT2D eigenvalue weighted by Crippen LogP contribution is -2.29. The van der Waals surface area contributed by atoms with E-state index in [0.29, 0.717) is 6.04 Å². The second-order valence-corrected chi connectivity index (χ2v) is 2.79. The Hall–Kier alpha value is -0.830. The van der Waals surface area contributed by atoms with Crippen molar-refractivity contribution < 1.29 is 5.11 Å². The Kier molecular flexibility index (Phi) is 1.24. The number of rotatable bonds is 1. The first-order valence-electron chi connectivity index (χ1n) is 3.52. The SMILES string of the molecule is OC1CC(n2ccnc2)C1. The first-order valence-corrected chi connectivity index (χ1v) is 3.52. The number of imidazole rings is 1. The van der Waals surface area contributed by atoms with Crippen LogP contribution >= 0.6 is 0 Å². The van der Waals surface area contributed by atoms with Crippen molar-refractivity contribution in [3.8, 4) is 0 Å². The van der Waals surface area contributed by atoms with Gasteiger partial charge in [0.2, 0.25) is 0 Å². The van der Waals surface area contributed by atoms with Gasteiger partial charge in [-0.2, -0.15) is 0 Å². The third-order valence-corrected chi connectivity index (χ3v) is 2.03. The highest BCUT2D eigenvalue weighted by Crippen LogP contribution is 2.31. The minimum atomic E-state index is -0.0765. The molecule has 54 valence electrons. The lowest BCUT2D eigenvalue weighted by molar-refractivity contribution is 0.0485. The third kappa shape index (κ3) is 0.827. The summed E-state index contributed by atoms with van der Waals surface area (Å²) in [6.07, 6.45) is 7.21. The van der Waals surface area contributed by atoms with Gasteiger partial charge < -0.3 is 9.67 Å². The molecule has 2 rings (SSSR count). The van der Waals surface area contributed by atoms with E-state index in [9.17, 15) is 0 Å². The van der Waals surface area contributed by atoms with E-state index in [4.69, 9.17) is 5.11 Å². The maximum absolute atomic E-state index is 8.98. The zero-order valence-electron chi connectivity index (χ0n) is 5.64. The monoisotopic (exact) mass is 138 g/mol. The van der Waals surface area contributed by atoms with E-state index in [2.05, 4.69) is 4.98 Å². The smallest absolute Gasteiger partial charge is 0.0948 e. The van der Waals surface area contributed by atoms with E-state index in [0.717, 1.165) is 12.8 Å². The fourth-order valence-electron chi connectivity index (χ4n) is 1.29. The second-order valence-electron chi connectivity index (χ2n) is 2.79. The molecule has 0 aliphatic heterocycles. The first-order chi connectivity index (χ1) is 4.86. The number of aromatic nitrogens is 2. The molecule has 3 heteroatoms. The van der Waals surface area contributed by atoms with Gasteiger partial charge in [-0.3, -0.25) is 0 Å². The van der Waals surface area contributed by atoms with Crippen molar-refractivity contribution >= 4 is 0 Å². The summed E-state index contributed by atoms with van der Waals surface area (Å²) in [5, 5.41) is 8.98. The zero-order valence-corrected chi connectivity index (χ0v) is 5.64. The summed E-state index contributed by atoms with van der Waals surface area (Å²) in [6, 6.07) is 0.498. The highest BCUT2D eigenvalue weighted by Gasteiger charge is 2.27. The summed E-state index contributed by atoms with van der Waals surface area (Å²) in [5.74, 6) is 0. The Morgan fingerprint density at radius 1 is 1.50 bits per heavy atom. The molecule has 0 radical (unpaired) electrons. The van der Waals surface area contributed by atoms with Crippen LogP contribution in [0.1, 0.15) is 18.9 Å². The molecule has 1 aliphatic carbocycles. The van der Waals surface area contributed by atoms with Crippen LogP contribution < -0.4 is 0 Å². The summed E-state index contributed by atoms with van der Waals surface area (Å²) < 4.78 is 2.05. The van der Waals surface area contributed by atoms with Gasteiger partial charge in [0.05, 0.1) is 12.4 Å². The van der Waals surface area contributed by atoms with Crippen LogP contribution in [0.2, 0.25) is 0 Å². The molecule has 10 heavy (non-hydrogen) atoms. The molecule has 1 aromatic heterocycles. The Bertz CT molecular complexity index is 201. The second kappa shape index (κ2) is 2.09. The van der Waals surface area contributed by atoms with Crippen LogP contribution in [0.15, 0.2) is 18.7 Å². The maximum atomic E-state index is 8.98. The van der Waals surface area contributed by atoms with Gasteiger partial charge in [-0.15, -0.1) is 0 Å². The average Bonchev–Trinajstić information content (AvgIpc) is 2.31. The van der Waals surface area contributed by atoms with Gasteiger partial charge in [-0.05, 0) is 12.8 Å². The number of nitrogens with zero attached hydrogens (tertiary/aromatic N) is 2. The van der Waals surface area contributed by atoms with E-state index in [1.54, 1.807) is 12.5 Å². The molecule has 0 atom stereocenters. The van der Waals surface area contributed by atoms with Crippen molar-refractivity contribution in [2.45, 2.75) is 25.0 Å². The number of aliphatic hydroxyl groups excluding tert-OH is 1. The van der Waals surface area contributed by atoms with Gasteiger partial charge >= 0.3 is 0 Å². The molecule has 1 aliphatic rings. The molecule has 1 fully saturated rings. The minimum absolute atomic E-state index is 0.0765. The number of hydrogen-bond acceptors (Lipinski definition) is 2. The maximum Gasteiger partial charge on any atom is 0.0948 e. The van der Waals surface area contributed by atoms with E-state index in [-0.39, 0.29) is 6.10 Å². The summed E-state index contributed by atoms with van der Waals surface area (Å²) in [7, 11) is 0. The Balaban J connectivity index is 2.04. The van der Waals surface area contributed by atoms with Crippen LogP contribution in [0.4, 0.5) is 0 Å². The average molecular weight is 138 g/mol. The molecular formula is C7H10N2O. The minimum Gasteiger partial charge on any atom is -0.393 e. The summed E-state index contributed by atoms with van der Waals surface area (Å²) in [4.78, 5) is 3.93. The van der Waals surface area contributed by atoms with Crippen molar-refractivity contribution in [3.63, 3.8) is 0 Å². The zero-order chi connectivity index (χ0) is 6.97. The quantitative estimate of drug-likeness (QED) is 0.616. The molecule has 1 aromatic rings. The lowest BCUT2D eigenvalue weighted by atomic mass is 9.89. The summed E-state index contributed by atoms with van der Waals surface area (Å²) in [5.41, 5.74) is 0. The molecule has 0 aromatic carbocycles. The normalized spacial score (nSPS) is 31.7. The molecule has 3 nitrogen and oxygen atoms in total. The van der Waals surface area contributed by atoms with Crippen molar-refractivity contribution in [1.29, 1.82) is 0 Å². The molecule has 1 N–H and O–H groups in total. The molecule has 0 unspecified atom stereocenters. The van der Waals surface area contributed by atoms with Crippen LogP contribution in [-0.4, -0.2) is 20.8 Å². The standard InChI is InChI=1S/C7H10N2O/c10-7-3-6(4-7)9-2-1-8-5-9/h1-2,5-7,10H,3-4H2. The number of aliphatic hydroxyl groups is 1. The van der Waals surface area contributed by atoms with E-state index in [1.165, 1.54) is 0 Å². The van der Waals surface area contributed by atoms with Crippen molar-refractivity contribution in [2.24, 2.45) is 0 Å². The van der Waals surface area contributed by atoms with E-state index < -0.39 is 0 Å². The lowest BCUT2D eigenvalue weighted by Gasteiger charge is -2.32. The highest BCUT2D eigenvalue weighted by molar-refractivity contribution is 4.88. The van der Waals surface area contributed by atoms with Crippen molar-refractivity contribution in [3.05, 3.63) is 18.7 Å². The van der Waals surface area contributed by atoms with Gasteiger partial charge in [0.15, 0.2) is 0 Å². The molecule has 0 amide bonds. The van der Waals surface area contributed by atoms with Crippen LogP contribution in [0, 0.1) is 0 Å². The van der Waals surface area contributed by atoms with E-state index in [1.807, 2.05) is 10.8 Å². The predicted molar refractivity (Wildman–Crippen MR) is 36.5 cm³/mol. The largest absolute Gasteiger partial charge is 0.393 e. The van der Waals surface area contributed by atoms with Crippen LogP contribution in [-0.2, 0) is 0 Å². The third-order valence-electron chi connectivity index (χ3n) is 2.03. The summed E-state index contributed by atoms with van der Waals surface area (Å²) >= 11 is 0. The Morgan fingerprint density at radius 2 is 2.30 bits per heavy atom. The van der Waals surface area contributed by atoms with Gasteiger partial charge in [0, 0.05) is 18.4 Å². The molecule has 0 saturated heterocycles. The summed E-state index contributed by atoms with van der Waals surface area (Å²) in [6.45, 7) is 0. The molecular weight excluding hydrogens is 128 g/mol. The van der Waals surface area contributed by atoms with Crippen LogP contribution in [0.25, 0.3) is 0 Å². The van der Waals surface area contributed by atoms with Crippen LogP contribution in [0.3, 0.4) is 0 Å². The number of hydrogen-bond donors (Lipinski definition) is 1. The molecule has 1 heterocycles. The van der Waals surface area contributed by atoms with Crippen molar-refractivity contribution in [1.82, 2.24) is 9.55 Å². The molecule has 0 bridgehead atoms. The Labute approximate surface area is 59.3 Å².